The van der Waals surface area contributed by atoms with Crippen molar-refractivity contribution in [2.75, 3.05) is 59.6 Å². The van der Waals surface area contributed by atoms with Gasteiger partial charge in [0.1, 0.15) is 0 Å². The number of nitrogens with zero attached hydrogens (tertiary/aromatic N) is 3. The van der Waals surface area contributed by atoms with Crippen LogP contribution < -0.4 is 5.32 Å². The van der Waals surface area contributed by atoms with Crippen molar-refractivity contribution in [1.29, 1.82) is 0 Å². The Kier molecular flexibility index (Phi) is 11.2. The maximum Gasteiger partial charge on any atom is 0.193 e. The Bertz CT molecular complexity index is 430. The third kappa shape index (κ3) is 8.26. The molecule has 0 radical (unpaired) electrons. The van der Waals surface area contributed by atoms with Crippen LogP contribution in [0.5, 0.6) is 0 Å². The SMILES string of the molecule is CCNC(=NCC(CC(C)C)N1CCCC1)N1CCC(OCCCOC)CC1. The van der Waals surface area contributed by atoms with Gasteiger partial charge in [-0.15, -0.1) is 0 Å². The zero-order chi connectivity index (χ0) is 20.2. The van der Waals surface area contributed by atoms with E-state index >= 15 is 0 Å². The predicted molar refractivity (Wildman–Crippen MR) is 117 cm³/mol. The Morgan fingerprint density at radius 3 is 2.43 bits per heavy atom. The van der Waals surface area contributed by atoms with Gasteiger partial charge in [0.05, 0.1) is 12.6 Å². The van der Waals surface area contributed by atoms with Crippen molar-refractivity contribution < 1.29 is 9.47 Å². The molecule has 1 N–H and O–H groups in total. The summed E-state index contributed by atoms with van der Waals surface area (Å²) in [6.45, 7) is 14.8. The number of methoxy groups -OCH3 is 1. The number of guanidine groups is 1. The Balaban J connectivity index is 1.85. The lowest BCUT2D eigenvalue weighted by atomic mass is 10.0. The molecule has 28 heavy (non-hydrogen) atoms. The van der Waals surface area contributed by atoms with Crippen LogP contribution in [0.15, 0.2) is 4.99 Å². The number of hydrogen-bond donors (Lipinski definition) is 1. The molecule has 2 aliphatic rings. The summed E-state index contributed by atoms with van der Waals surface area (Å²) < 4.78 is 11.1. The molecule has 0 aromatic rings. The molecule has 1 unspecified atom stereocenters. The molecule has 0 aliphatic carbocycles. The van der Waals surface area contributed by atoms with Crippen LogP contribution in [0.1, 0.15) is 59.3 Å². The molecule has 0 spiro atoms. The third-order valence-electron chi connectivity index (χ3n) is 5.78. The molecule has 2 heterocycles. The van der Waals surface area contributed by atoms with E-state index in [-0.39, 0.29) is 0 Å². The molecule has 6 heteroatoms. The number of aliphatic imine (C=N–C) groups is 1. The second-order valence-corrected chi connectivity index (χ2v) is 8.62. The highest BCUT2D eigenvalue weighted by Gasteiger charge is 2.25. The van der Waals surface area contributed by atoms with Gasteiger partial charge >= 0.3 is 0 Å². The Morgan fingerprint density at radius 1 is 1.11 bits per heavy atom. The third-order valence-corrected chi connectivity index (χ3v) is 5.78. The fourth-order valence-corrected chi connectivity index (χ4v) is 4.30. The van der Waals surface area contributed by atoms with Gasteiger partial charge in [-0.1, -0.05) is 13.8 Å². The molecule has 2 aliphatic heterocycles. The summed E-state index contributed by atoms with van der Waals surface area (Å²) in [4.78, 5) is 10.2. The molecule has 6 nitrogen and oxygen atoms in total. The van der Waals surface area contributed by atoms with Gasteiger partial charge < -0.3 is 19.7 Å². The molecule has 2 saturated heterocycles. The highest BCUT2D eigenvalue weighted by Crippen LogP contribution is 2.19. The molecule has 2 rings (SSSR count). The number of piperidine rings is 1. The second-order valence-electron chi connectivity index (χ2n) is 8.62. The second kappa shape index (κ2) is 13.4. The van der Waals surface area contributed by atoms with Crippen LogP contribution in [-0.4, -0.2) is 87.5 Å². The van der Waals surface area contributed by atoms with E-state index < -0.39 is 0 Å². The van der Waals surface area contributed by atoms with Crippen LogP contribution in [0.2, 0.25) is 0 Å². The molecule has 2 fully saturated rings. The van der Waals surface area contributed by atoms with E-state index in [0.29, 0.717) is 12.1 Å². The van der Waals surface area contributed by atoms with E-state index in [1.807, 2.05) is 0 Å². The quantitative estimate of drug-likeness (QED) is 0.331. The average Bonchev–Trinajstić information content (AvgIpc) is 3.22. The van der Waals surface area contributed by atoms with Gasteiger partial charge in [0.15, 0.2) is 5.96 Å². The summed E-state index contributed by atoms with van der Waals surface area (Å²) in [5.41, 5.74) is 0. The number of hydrogen-bond acceptors (Lipinski definition) is 4. The first-order valence-electron chi connectivity index (χ1n) is 11.5. The predicted octanol–water partition coefficient (Wildman–Crippen LogP) is 2.98. The fraction of sp³-hybridized carbons (Fsp3) is 0.955. The largest absolute Gasteiger partial charge is 0.385 e. The van der Waals surface area contributed by atoms with E-state index in [4.69, 9.17) is 14.5 Å². The van der Waals surface area contributed by atoms with Crippen LogP contribution in [0.3, 0.4) is 0 Å². The summed E-state index contributed by atoms with van der Waals surface area (Å²) in [5.74, 6) is 1.81. The summed E-state index contributed by atoms with van der Waals surface area (Å²) in [6.07, 6.45) is 7.45. The maximum absolute atomic E-state index is 6.01. The highest BCUT2D eigenvalue weighted by atomic mass is 16.5. The lowest BCUT2D eigenvalue weighted by molar-refractivity contribution is 0.00988. The van der Waals surface area contributed by atoms with Crippen molar-refractivity contribution >= 4 is 5.96 Å². The van der Waals surface area contributed by atoms with E-state index in [1.54, 1.807) is 7.11 Å². The van der Waals surface area contributed by atoms with Gasteiger partial charge in [-0.2, -0.15) is 0 Å². The van der Waals surface area contributed by atoms with E-state index in [9.17, 15) is 0 Å². The molecular weight excluding hydrogens is 352 g/mol. The first kappa shape index (κ1) is 23.4. The molecule has 0 amide bonds. The van der Waals surface area contributed by atoms with Crippen LogP contribution in [-0.2, 0) is 9.47 Å². The number of ether oxygens (including phenoxy) is 2. The van der Waals surface area contributed by atoms with Crippen molar-refractivity contribution in [2.45, 2.75) is 71.4 Å². The molecule has 0 aromatic heterocycles. The van der Waals surface area contributed by atoms with Crippen molar-refractivity contribution in [1.82, 2.24) is 15.1 Å². The van der Waals surface area contributed by atoms with Crippen LogP contribution in [0, 0.1) is 5.92 Å². The van der Waals surface area contributed by atoms with Crippen molar-refractivity contribution in [3.63, 3.8) is 0 Å². The summed E-state index contributed by atoms with van der Waals surface area (Å²) in [5, 5.41) is 3.53. The minimum absolute atomic E-state index is 0.384. The zero-order valence-electron chi connectivity index (χ0n) is 18.8. The number of rotatable bonds is 11. The van der Waals surface area contributed by atoms with Gasteiger partial charge in [-0.05, 0) is 64.5 Å². The lowest BCUT2D eigenvalue weighted by Crippen LogP contribution is -2.47. The Morgan fingerprint density at radius 2 is 1.82 bits per heavy atom. The Hall–Kier alpha value is -0.850. The fourth-order valence-electron chi connectivity index (χ4n) is 4.30. The first-order chi connectivity index (χ1) is 13.6. The molecule has 1 atom stereocenters. The van der Waals surface area contributed by atoms with Gasteiger partial charge in [0.25, 0.3) is 0 Å². The van der Waals surface area contributed by atoms with Gasteiger partial charge in [-0.25, -0.2) is 0 Å². The smallest absolute Gasteiger partial charge is 0.193 e. The zero-order valence-corrected chi connectivity index (χ0v) is 18.8. The number of likely N-dealkylation sites (tertiary alicyclic amines) is 2. The summed E-state index contributed by atoms with van der Waals surface area (Å²) >= 11 is 0. The Labute approximate surface area is 173 Å². The summed E-state index contributed by atoms with van der Waals surface area (Å²) in [7, 11) is 1.75. The first-order valence-corrected chi connectivity index (χ1v) is 11.5. The lowest BCUT2D eigenvalue weighted by Gasteiger charge is -2.35. The minimum Gasteiger partial charge on any atom is -0.385 e. The van der Waals surface area contributed by atoms with Gasteiger partial charge in [0, 0.05) is 46.0 Å². The molecule has 0 aromatic carbocycles. The standard InChI is InChI=1S/C22H44N4O2/c1-5-23-22(24-18-20(17-19(2)3)25-11-6-7-12-25)26-13-9-21(10-14-26)28-16-8-15-27-4/h19-21H,5-18H2,1-4H3,(H,23,24). The maximum atomic E-state index is 6.01. The molecule has 0 bridgehead atoms. The van der Waals surface area contributed by atoms with Gasteiger partial charge in [0.2, 0.25) is 0 Å². The normalized spacial score (nSPS) is 20.9. The van der Waals surface area contributed by atoms with E-state index in [0.717, 1.165) is 70.5 Å². The van der Waals surface area contributed by atoms with Crippen molar-refractivity contribution in [2.24, 2.45) is 10.9 Å². The monoisotopic (exact) mass is 396 g/mol. The molecular formula is C22H44N4O2. The van der Waals surface area contributed by atoms with Crippen LogP contribution in [0.4, 0.5) is 0 Å². The van der Waals surface area contributed by atoms with Crippen molar-refractivity contribution in [3.05, 3.63) is 0 Å². The van der Waals surface area contributed by atoms with Crippen LogP contribution in [0.25, 0.3) is 0 Å². The molecule has 164 valence electrons. The summed E-state index contributed by atoms with van der Waals surface area (Å²) in [6, 6.07) is 0.581. The highest BCUT2D eigenvalue weighted by molar-refractivity contribution is 5.80. The average molecular weight is 397 g/mol. The van der Waals surface area contributed by atoms with E-state index in [2.05, 4.69) is 35.9 Å². The van der Waals surface area contributed by atoms with Gasteiger partial charge in [-0.3, -0.25) is 9.89 Å². The molecule has 0 saturated carbocycles. The number of nitrogens with one attached hydrogen (secondary N) is 1. The van der Waals surface area contributed by atoms with E-state index in [1.165, 1.54) is 32.4 Å². The minimum atomic E-state index is 0.384. The van der Waals surface area contributed by atoms with Crippen molar-refractivity contribution in [3.8, 4) is 0 Å². The van der Waals surface area contributed by atoms with Crippen LogP contribution >= 0.6 is 0 Å². The topological polar surface area (TPSA) is 49.3 Å².